The third-order valence-corrected chi connectivity index (χ3v) is 6.38. The molecule has 2 aromatic heterocycles. The first-order valence-corrected chi connectivity index (χ1v) is 10.7. The molecule has 0 bridgehead atoms. The number of carbonyl (C=O) groups is 1. The lowest BCUT2D eigenvalue weighted by Gasteiger charge is -2.23. The summed E-state index contributed by atoms with van der Waals surface area (Å²) in [4.78, 5) is 31.8. The molecule has 1 aliphatic rings. The molecule has 8 heteroatoms. The molecule has 5 nitrogen and oxygen atoms in total. The van der Waals surface area contributed by atoms with Gasteiger partial charge in [0.05, 0.1) is 22.4 Å². The lowest BCUT2D eigenvalue weighted by Crippen LogP contribution is -2.39. The topological polar surface area (TPSA) is 60.7 Å². The van der Waals surface area contributed by atoms with Crippen molar-refractivity contribution < 1.29 is 13.9 Å². The predicted molar refractivity (Wildman–Crippen MR) is 111 cm³/mol. The van der Waals surface area contributed by atoms with Gasteiger partial charge in [-0.1, -0.05) is 29.5 Å². The van der Waals surface area contributed by atoms with Crippen molar-refractivity contribution in [2.75, 3.05) is 6.61 Å². The Morgan fingerprint density at radius 3 is 2.86 bits per heavy atom. The first-order chi connectivity index (χ1) is 14.0. The molecule has 148 valence electrons. The Morgan fingerprint density at radius 1 is 1.34 bits per heavy atom. The van der Waals surface area contributed by atoms with Gasteiger partial charge in [0.2, 0.25) is 0 Å². The van der Waals surface area contributed by atoms with E-state index in [0.29, 0.717) is 26.2 Å². The number of allylic oxidation sites excluding steroid dienone is 1. The summed E-state index contributed by atoms with van der Waals surface area (Å²) in [6.07, 6.45) is 1.64. The maximum Gasteiger partial charge on any atom is 0.338 e. The van der Waals surface area contributed by atoms with E-state index in [9.17, 15) is 14.0 Å². The largest absolute Gasteiger partial charge is 0.463 e. The van der Waals surface area contributed by atoms with Crippen LogP contribution < -0.4 is 14.9 Å². The minimum Gasteiger partial charge on any atom is -0.463 e. The van der Waals surface area contributed by atoms with E-state index in [2.05, 4.69) is 4.99 Å². The molecule has 1 aromatic carbocycles. The van der Waals surface area contributed by atoms with Crippen molar-refractivity contribution in [1.29, 1.82) is 0 Å². The maximum absolute atomic E-state index is 13.5. The fraction of sp³-hybridized carbons (Fsp3) is 0.190. The van der Waals surface area contributed by atoms with Crippen molar-refractivity contribution in [3.63, 3.8) is 0 Å². The van der Waals surface area contributed by atoms with Crippen LogP contribution in [-0.2, 0) is 9.53 Å². The molecule has 0 amide bonds. The number of thiophene rings is 1. The Hall–Kier alpha value is -2.84. The quantitative estimate of drug-likeness (QED) is 0.601. The summed E-state index contributed by atoms with van der Waals surface area (Å²) in [5.74, 6) is -0.852. The molecule has 3 aromatic rings. The Bertz CT molecular complexity index is 1290. The van der Waals surface area contributed by atoms with Crippen LogP contribution in [0.2, 0.25) is 0 Å². The van der Waals surface area contributed by atoms with E-state index in [-0.39, 0.29) is 18.0 Å². The van der Waals surface area contributed by atoms with Gasteiger partial charge >= 0.3 is 5.97 Å². The number of esters is 1. The number of rotatable bonds is 4. The van der Waals surface area contributed by atoms with E-state index in [1.54, 1.807) is 32.1 Å². The van der Waals surface area contributed by atoms with Crippen LogP contribution in [-0.4, -0.2) is 17.1 Å². The van der Waals surface area contributed by atoms with E-state index in [0.717, 1.165) is 4.88 Å². The Labute approximate surface area is 173 Å². The Morgan fingerprint density at radius 2 is 2.17 bits per heavy atom. The third-order valence-electron chi connectivity index (χ3n) is 4.48. The molecule has 29 heavy (non-hydrogen) atoms. The first-order valence-electron chi connectivity index (χ1n) is 8.98. The molecule has 0 N–H and O–H groups in total. The number of ether oxygens (including phenoxy) is 1. The molecule has 0 radical (unpaired) electrons. The molecule has 0 unspecified atom stereocenters. The van der Waals surface area contributed by atoms with Crippen LogP contribution in [0.4, 0.5) is 4.39 Å². The van der Waals surface area contributed by atoms with E-state index < -0.39 is 12.0 Å². The van der Waals surface area contributed by atoms with Gasteiger partial charge in [-0.05, 0) is 49.1 Å². The lowest BCUT2D eigenvalue weighted by molar-refractivity contribution is -0.139. The highest BCUT2D eigenvalue weighted by Crippen LogP contribution is 2.33. The van der Waals surface area contributed by atoms with Crippen molar-refractivity contribution in [2.45, 2.75) is 19.9 Å². The fourth-order valence-corrected chi connectivity index (χ4v) is 5.13. The van der Waals surface area contributed by atoms with Gasteiger partial charge in [0, 0.05) is 4.88 Å². The van der Waals surface area contributed by atoms with Gasteiger partial charge in [-0.15, -0.1) is 11.3 Å². The number of fused-ring (bicyclic) bond motifs is 1. The zero-order chi connectivity index (χ0) is 20.5. The van der Waals surface area contributed by atoms with E-state index in [1.807, 2.05) is 17.5 Å². The average molecular weight is 429 g/mol. The molecule has 0 spiro atoms. The van der Waals surface area contributed by atoms with Crippen LogP contribution >= 0.6 is 22.7 Å². The zero-order valence-electron chi connectivity index (χ0n) is 15.7. The monoisotopic (exact) mass is 428 g/mol. The van der Waals surface area contributed by atoms with Crippen molar-refractivity contribution in [3.8, 4) is 0 Å². The summed E-state index contributed by atoms with van der Waals surface area (Å²) in [7, 11) is 0. The zero-order valence-corrected chi connectivity index (χ0v) is 17.3. The molecule has 3 heterocycles. The smallest absolute Gasteiger partial charge is 0.338 e. The summed E-state index contributed by atoms with van der Waals surface area (Å²) in [5.41, 5.74) is 1.20. The highest BCUT2D eigenvalue weighted by atomic mass is 32.1. The number of thiazole rings is 1. The van der Waals surface area contributed by atoms with Gasteiger partial charge in [0.1, 0.15) is 11.9 Å². The second kappa shape index (κ2) is 7.88. The second-order valence-corrected chi connectivity index (χ2v) is 8.36. The van der Waals surface area contributed by atoms with Crippen LogP contribution in [0.1, 0.15) is 30.3 Å². The van der Waals surface area contributed by atoms with Gasteiger partial charge in [0.25, 0.3) is 5.56 Å². The highest BCUT2D eigenvalue weighted by molar-refractivity contribution is 7.10. The Kier molecular flexibility index (Phi) is 5.29. The molecular weight excluding hydrogens is 411 g/mol. The highest BCUT2D eigenvalue weighted by Gasteiger charge is 2.33. The van der Waals surface area contributed by atoms with Gasteiger partial charge < -0.3 is 4.74 Å². The second-order valence-electron chi connectivity index (χ2n) is 6.37. The SMILES string of the molecule is CCOC(=O)C1=C(C)N=c2s/c(=C\c3cccc(F)c3)c(=O)n2[C@@H]1c1cccs1. The molecule has 1 atom stereocenters. The van der Waals surface area contributed by atoms with E-state index in [4.69, 9.17) is 4.74 Å². The minimum atomic E-state index is -0.597. The van der Waals surface area contributed by atoms with Crippen LogP contribution in [0.3, 0.4) is 0 Å². The van der Waals surface area contributed by atoms with Crippen molar-refractivity contribution in [1.82, 2.24) is 4.57 Å². The molecule has 0 fully saturated rings. The number of benzene rings is 1. The molecular formula is C21H17FN2O3S2. The number of halogens is 1. The summed E-state index contributed by atoms with van der Waals surface area (Å²) >= 11 is 2.68. The number of hydrogen-bond acceptors (Lipinski definition) is 6. The minimum absolute atomic E-state index is 0.233. The van der Waals surface area contributed by atoms with Crippen LogP contribution in [0.25, 0.3) is 6.08 Å². The van der Waals surface area contributed by atoms with Crippen LogP contribution in [0.15, 0.2) is 62.8 Å². The Balaban J connectivity index is 1.94. The summed E-state index contributed by atoms with van der Waals surface area (Å²) in [6.45, 7) is 3.72. The standard InChI is InChI=1S/C21H17FN2O3S2/c1-3-27-20(26)17-12(2)23-21-24(18(17)15-8-5-9-28-15)19(25)16(29-21)11-13-6-4-7-14(22)10-13/h4-11,18H,3H2,1-2H3/b16-11-/t18-/m1/s1. The van der Waals surface area contributed by atoms with E-state index in [1.165, 1.54) is 39.4 Å². The number of carbonyl (C=O) groups excluding carboxylic acids is 1. The number of nitrogens with zero attached hydrogens (tertiary/aromatic N) is 2. The van der Waals surface area contributed by atoms with E-state index >= 15 is 0 Å². The first kappa shape index (κ1) is 19.5. The number of hydrogen-bond donors (Lipinski definition) is 0. The predicted octanol–water partition coefficient (Wildman–Crippen LogP) is 3.00. The van der Waals surface area contributed by atoms with Crippen molar-refractivity contribution in [2.24, 2.45) is 4.99 Å². The average Bonchev–Trinajstić information content (AvgIpc) is 3.30. The lowest BCUT2D eigenvalue weighted by atomic mass is 10.0. The molecule has 0 saturated heterocycles. The molecule has 0 aliphatic carbocycles. The van der Waals surface area contributed by atoms with Gasteiger partial charge in [-0.3, -0.25) is 9.36 Å². The van der Waals surface area contributed by atoms with Gasteiger partial charge in [-0.2, -0.15) is 0 Å². The van der Waals surface area contributed by atoms with Crippen molar-refractivity contribution >= 4 is 34.7 Å². The van der Waals surface area contributed by atoms with Gasteiger partial charge in [-0.25, -0.2) is 14.2 Å². The summed E-state index contributed by atoms with van der Waals surface area (Å²) < 4.78 is 20.7. The molecule has 0 saturated carbocycles. The third kappa shape index (κ3) is 3.61. The normalized spacial score (nSPS) is 16.5. The molecule has 1 aliphatic heterocycles. The van der Waals surface area contributed by atoms with Gasteiger partial charge in [0.15, 0.2) is 4.80 Å². The number of aromatic nitrogens is 1. The van der Waals surface area contributed by atoms with Crippen LogP contribution in [0.5, 0.6) is 0 Å². The van der Waals surface area contributed by atoms with Crippen molar-refractivity contribution in [3.05, 3.63) is 89.0 Å². The maximum atomic E-state index is 13.5. The summed E-state index contributed by atoms with van der Waals surface area (Å²) in [5, 5.41) is 1.90. The fourth-order valence-electron chi connectivity index (χ4n) is 3.26. The molecule has 4 rings (SSSR count). The van der Waals surface area contributed by atoms with Crippen LogP contribution in [0, 0.1) is 5.82 Å². The summed E-state index contributed by atoms with van der Waals surface area (Å²) in [6, 6.07) is 9.20.